The molecule has 1 aliphatic heterocycles. The molecule has 1 amide bonds. The average Bonchev–Trinajstić information content (AvgIpc) is 2.20. The Labute approximate surface area is 114 Å². The van der Waals surface area contributed by atoms with Crippen molar-refractivity contribution in [1.29, 1.82) is 0 Å². The minimum atomic E-state index is -0.876. The highest BCUT2D eigenvalue weighted by Crippen LogP contribution is 2.18. The Morgan fingerprint density at radius 3 is 2.53 bits per heavy atom. The van der Waals surface area contributed by atoms with Crippen LogP contribution < -0.4 is 5.32 Å². The van der Waals surface area contributed by atoms with E-state index in [1.807, 2.05) is 6.92 Å². The van der Waals surface area contributed by atoms with Crippen LogP contribution in [-0.2, 0) is 4.74 Å². The molecular weight excluding hydrogens is 251 g/mol. The maximum Gasteiger partial charge on any atom is 0.408 e. The molecule has 0 aromatic carbocycles. The van der Waals surface area contributed by atoms with Crippen LogP contribution in [0.3, 0.4) is 0 Å². The quantitative estimate of drug-likeness (QED) is 0.801. The number of aliphatic hydroxyl groups is 1. The topological polar surface area (TPSA) is 61.8 Å². The maximum atomic E-state index is 12.8. The van der Waals surface area contributed by atoms with Crippen molar-refractivity contribution in [1.82, 2.24) is 10.2 Å². The fourth-order valence-electron chi connectivity index (χ4n) is 1.99. The molecule has 1 rings (SSSR count). The Bertz CT molecular complexity index is 301. The second-order valence-corrected chi connectivity index (χ2v) is 6.01. The zero-order valence-electron chi connectivity index (χ0n) is 12.1. The van der Waals surface area contributed by atoms with Gasteiger partial charge in [-0.25, -0.2) is 9.18 Å². The summed E-state index contributed by atoms with van der Waals surface area (Å²) >= 11 is 0. The summed E-state index contributed by atoms with van der Waals surface area (Å²) in [6, 6.07) is -0.438. The average molecular weight is 276 g/mol. The Hall–Kier alpha value is -0.880. The molecule has 0 saturated carbocycles. The van der Waals surface area contributed by atoms with E-state index < -0.39 is 30.1 Å². The molecule has 0 aliphatic carbocycles. The van der Waals surface area contributed by atoms with Crippen molar-refractivity contribution in [3.05, 3.63) is 0 Å². The Kier molecular flexibility index (Phi) is 5.55. The fourth-order valence-corrected chi connectivity index (χ4v) is 1.99. The number of nitrogens with zero attached hydrogens (tertiary/aromatic N) is 1. The van der Waals surface area contributed by atoms with E-state index in [9.17, 15) is 14.3 Å². The number of alkyl carbamates (subject to hydrolysis) is 1. The lowest BCUT2D eigenvalue weighted by molar-refractivity contribution is -0.0919. The lowest BCUT2D eigenvalue weighted by Gasteiger charge is -2.41. The molecule has 1 unspecified atom stereocenters. The van der Waals surface area contributed by atoms with Crippen molar-refractivity contribution in [3.8, 4) is 0 Å². The molecule has 0 aromatic heterocycles. The van der Waals surface area contributed by atoms with Crippen LogP contribution in [0, 0.1) is 0 Å². The van der Waals surface area contributed by atoms with E-state index >= 15 is 0 Å². The van der Waals surface area contributed by atoms with Gasteiger partial charge in [-0.15, -0.1) is 0 Å². The van der Waals surface area contributed by atoms with Gasteiger partial charge in [-0.2, -0.15) is 0 Å². The molecule has 5 nitrogen and oxygen atoms in total. The zero-order chi connectivity index (χ0) is 14.6. The molecule has 1 aliphatic rings. The van der Waals surface area contributed by atoms with E-state index in [4.69, 9.17) is 4.74 Å². The van der Waals surface area contributed by atoms with E-state index in [2.05, 4.69) is 5.32 Å². The van der Waals surface area contributed by atoms with Crippen LogP contribution in [-0.4, -0.2) is 53.2 Å². The first kappa shape index (κ1) is 16.2. The number of aliphatic hydroxyl groups excluding tert-OH is 1. The standard InChI is InChI=1S/C13H25FN2O3/c1-5-6-10(11(17)16-7-9(14)8-16)15-12(18)19-13(2,3)4/h9-11,17H,5-8H2,1-4H3,(H,15,18)/t10-,11?/m1/s1. The number of rotatable bonds is 5. The molecule has 0 spiro atoms. The Balaban J connectivity index is 2.49. The van der Waals surface area contributed by atoms with Gasteiger partial charge in [-0.3, -0.25) is 4.90 Å². The van der Waals surface area contributed by atoms with Gasteiger partial charge in [0, 0.05) is 13.1 Å². The van der Waals surface area contributed by atoms with Crippen LogP contribution in [0.15, 0.2) is 0 Å². The number of ether oxygens (including phenoxy) is 1. The fraction of sp³-hybridized carbons (Fsp3) is 0.923. The van der Waals surface area contributed by atoms with Crippen LogP contribution in [0.4, 0.5) is 9.18 Å². The van der Waals surface area contributed by atoms with E-state index in [1.165, 1.54) is 0 Å². The third kappa shape index (κ3) is 5.32. The maximum absolute atomic E-state index is 12.8. The number of hydrogen-bond acceptors (Lipinski definition) is 4. The molecule has 112 valence electrons. The van der Waals surface area contributed by atoms with E-state index in [1.54, 1.807) is 25.7 Å². The molecule has 0 radical (unpaired) electrons. The third-order valence-electron chi connectivity index (χ3n) is 2.90. The molecule has 0 bridgehead atoms. The number of alkyl halides is 1. The van der Waals surface area contributed by atoms with Gasteiger partial charge in [0.2, 0.25) is 0 Å². The van der Waals surface area contributed by atoms with Gasteiger partial charge in [0.1, 0.15) is 18.0 Å². The predicted molar refractivity (Wildman–Crippen MR) is 70.5 cm³/mol. The number of hydrogen-bond donors (Lipinski definition) is 2. The van der Waals surface area contributed by atoms with Crippen LogP contribution >= 0.6 is 0 Å². The van der Waals surface area contributed by atoms with Crippen molar-refractivity contribution in [2.45, 2.75) is 64.6 Å². The van der Waals surface area contributed by atoms with E-state index in [0.717, 1.165) is 6.42 Å². The summed E-state index contributed by atoms with van der Waals surface area (Å²) in [5.41, 5.74) is -0.577. The van der Waals surface area contributed by atoms with Crippen molar-refractivity contribution in [2.24, 2.45) is 0 Å². The monoisotopic (exact) mass is 276 g/mol. The lowest BCUT2D eigenvalue weighted by Crippen LogP contribution is -2.60. The highest BCUT2D eigenvalue weighted by Gasteiger charge is 2.36. The van der Waals surface area contributed by atoms with Gasteiger partial charge in [0.05, 0.1) is 6.04 Å². The SMILES string of the molecule is CCC[C@@H](NC(=O)OC(C)(C)C)C(O)N1CC(F)C1. The van der Waals surface area contributed by atoms with Crippen molar-refractivity contribution >= 4 is 6.09 Å². The molecule has 2 N–H and O–H groups in total. The molecule has 1 fully saturated rings. The van der Waals surface area contributed by atoms with Crippen molar-refractivity contribution < 1.29 is 19.0 Å². The zero-order valence-corrected chi connectivity index (χ0v) is 12.1. The third-order valence-corrected chi connectivity index (χ3v) is 2.90. The van der Waals surface area contributed by atoms with Gasteiger partial charge in [-0.05, 0) is 27.2 Å². The number of amides is 1. The second kappa shape index (κ2) is 6.52. The largest absolute Gasteiger partial charge is 0.444 e. The first-order valence-electron chi connectivity index (χ1n) is 6.78. The molecule has 0 aromatic rings. The highest BCUT2D eigenvalue weighted by atomic mass is 19.1. The van der Waals surface area contributed by atoms with E-state index in [0.29, 0.717) is 6.42 Å². The summed E-state index contributed by atoms with van der Waals surface area (Å²) < 4.78 is 18.0. The van der Waals surface area contributed by atoms with Gasteiger partial charge in [-0.1, -0.05) is 13.3 Å². The van der Waals surface area contributed by atoms with Crippen molar-refractivity contribution in [3.63, 3.8) is 0 Å². The summed E-state index contributed by atoms with van der Waals surface area (Å²) in [5.74, 6) is 0. The number of nitrogens with one attached hydrogen (secondary N) is 1. The van der Waals surface area contributed by atoms with Crippen LogP contribution in [0.25, 0.3) is 0 Å². The van der Waals surface area contributed by atoms with Gasteiger partial charge >= 0.3 is 6.09 Å². The number of carbonyl (C=O) groups excluding carboxylic acids is 1. The minimum Gasteiger partial charge on any atom is -0.444 e. The molecule has 6 heteroatoms. The summed E-state index contributed by atoms with van der Waals surface area (Å²) in [6.07, 6.45) is -0.863. The smallest absolute Gasteiger partial charge is 0.408 e. The molecule has 1 saturated heterocycles. The molecular formula is C13H25FN2O3. The van der Waals surface area contributed by atoms with Crippen LogP contribution in [0.2, 0.25) is 0 Å². The van der Waals surface area contributed by atoms with E-state index in [-0.39, 0.29) is 13.1 Å². The van der Waals surface area contributed by atoms with Crippen molar-refractivity contribution in [2.75, 3.05) is 13.1 Å². The number of halogens is 1. The van der Waals surface area contributed by atoms with Gasteiger partial charge < -0.3 is 15.2 Å². The molecule has 1 heterocycles. The molecule has 19 heavy (non-hydrogen) atoms. The lowest BCUT2D eigenvalue weighted by atomic mass is 10.1. The Morgan fingerprint density at radius 2 is 2.11 bits per heavy atom. The van der Waals surface area contributed by atoms with Crippen LogP contribution in [0.5, 0.6) is 0 Å². The summed E-state index contributed by atoms with van der Waals surface area (Å²) in [5, 5.41) is 12.8. The second-order valence-electron chi connectivity index (χ2n) is 6.01. The number of likely N-dealkylation sites (tertiary alicyclic amines) is 1. The molecule has 2 atom stereocenters. The normalized spacial score (nSPS) is 20.5. The summed E-state index contributed by atoms with van der Waals surface area (Å²) in [4.78, 5) is 13.3. The van der Waals surface area contributed by atoms with Gasteiger partial charge in [0.25, 0.3) is 0 Å². The summed E-state index contributed by atoms with van der Waals surface area (Å²) in [6.45, 7) is 7.74. The minimum absolute atomic E-state index is 0.220. The predicted octanol–water partition coefficient (Wildman–Crippen LogP) is 1.65. The summed E-state index contributed by atoms with van der Waals surface area (Å²) in [7, 11) is 0. The highest BCUT2D eigenvalue weighted by molar-refractivity contribution is 5.68. The number of carbonyl (C=O) groups is 1. The first-order valence-corrected chi connectivity index (χ1v) is 6.78. The Morgan fingerprint density at radius 1 is 1.53 bits per heavy atom. The van der Waals surface area contributed by atoms with Crippen LogP contribution in [0.1, 0.15) is 40.5 Å². The van der Waals surface area contributed by atoms with Gasteiger partial charge in [0.15, 0.2) is 0 Å². The first-order chi connectivity index (χ1) is 8.73.